The fourth-order valence-electron chi connectivity index (χ4n) is 2.77. The van der Waals surface area contributed by atoms with Crippen molar-refractivity contribution in [1.29, 1.82) is 0 Å². The molecular formula is C17H19ClN4O2. The molecule has 7 heteroatoms. The van der Waals surface area contributed by atoms with Crippen molar-refractivity contribution >= 4 is 29.2 Å². The van der Waals surface area contributed by atoms with Gasteiger partial charge in [0.05, 0.1) is 6.54 Å². The number of benzene rings is 1. The Balaban J connectivity index is 1.55. The largest absolute Gasteiger partial charge is 0.353 e. The van der Waals surface area contributed by atoms with Crippen molar-refractivity contribution in [1.82, 2.24) is 15.2 Å². The average molecular weight is 347 g/mol. The normalized spacial score (nSPS) is 17.2. The van der Waals surface area contributed by atoms with Crippen molar-refractivity contribution in [3.63, 3.8) is 0 Å². The fourth-order valence-corrected chi connectivity index (χ4v) is 2.96. The third-order valence-corrected chi connectivity index (χ3v) is 4.35. The molecule has 3 amide bonds. The summed E-state index contributed by atoms with van der Waals surface area (Å²) in [4.78, 5) is 26.1. The standard InChI is InChI=1S/C17H19ClN4O2/c1-21-8-3-6-14(21)11-19-17(24)20-15-7-9-22(16(15)23)13-5-2-4-12(18)10-13/h2-6,8,10,15H,7,9,11H2,1H3,(H2,19,20,24)/t15-/m1/s1. The second-order valence-corrected chi connectivity index (χ2v) is 6.18. The summed E-state index contributed by atoms with van der Waals surface area (Å²) in [5.41, 5.74) is 1.74. The molecule has 0 saturated carbocycles. The van der Waals surface area contributed by atoms with E-state index >= 15 is 0 Å². The molecule has 24 heavy (non-hydrogen) atoms. The lowest BCUT2D eigenvalue weighted by Gasteiger charge is -2.17. The van der Waals surface area contributed by atoms with Crippen LogP contribution in [0, 0.1) is 0 Å². The van der Waals surface area contributed by atoms with Crippen molar-refractivity contribution in [3.8, 4) is 0 Å². The van der Waals surface area contributed by atoms with Gasteiger partial charge in [0.2, 0.25) is 5.91 Å². The molecule has 2 N–H and O–H groups in total. The van der Waals surface area contributed by atoms with E-state index in [0.29, 0.717) is 24.5 Å². The van der Waals surface area contributed by atoms with Gasteiger partial charge in [-0.1, -0.05) is 17.7 Å². The highest BCUT2D eigenvalue weighted by molar-refractivity contribution is 6.31. The first-order valence-corrected chi connectivity index (χ1v) is 8.14. The summed E-state index contributed by atoms with van der Waals surface area (Å²) in [7, 11) is 1.91. The molecule has 1 fully saturated rings. The molecule has 1 aliphatic rings. The van der Waals surface area contributed by atoms with Crippen LogP contribution in [0.3, 0.4) is 0 Å². The Morgan fingerprint density at radius 2 is 2.17 bits per heavy atom. The van der Waals surface area contributed by atoms with Crippen molar-refractivity contribution in [2.24, 2.45) is 7.05 Å². The van der Waals surface area contributed by atoms with E-state index in [4.69, 9.17) is 11.6 Å². The highest BCUT2D eigenvalue weighted by Gasteiger charge is 2.33. The molecule has 0 unspecified atom stereocenters. The molecule has 1 atom stereocenters. The Morgan fingerprint density at radius 3 is 2.88 bits per heavy atom. The van der Waals surface area contributed by atoms with Crippen LogP contribution in [0.1, 0.15) is 12.1 Å². The Labute approximate surface area is 145 Å². The number of halogens is 1. The van der Waals surface area contributed by atoms with Crippen molar-refractivity contribution in [2.45, 2.75) is 19.0 Å². The number of hydrogen-bond acceptors (Lipinski definition) is 2. The molecule has 1 aromatic carbocycles. The molecule has 1 saturated heterocycles. The first-order chi connectivity index (χ1) is 11.5. The summed E-state index contributed by atoms with van der Waals surface area (Å²) in [5, 5.41) is 6.10. The van der Waals surface area contributed by atoms with E-state index in [2.05, 4.69) is 10.6 Å². The van der Waals surface area contributed by atoms with E-state index in [1.165, 1.54) is 0 Å². The number of nitrogens with zero attached hydrogens (tertiary/aromatic N) is 2. The first-order valence-electron chi connectivity index (χ1n) is 7.76. The predicted octanol–water partition coefficient (Wildman–Crippen LogP) is 2.28. The number of amides is 3. The van der Waals surface area contributed by atoms with Gasteiger partial charge in [-0.25, -0.2) is 4.79 Å². The molecule has 6 nitrogen and oxygen atoms in total. The minimum absolute atomic E-state index is 0.119. The predicted molar refractivity (Wildman–Crippen MR) is 93.0 cm³/mol. The zero-order valence-electron chi connectivity index (χ0n) is 13.3. The van der Waals surface area contributed by atoms with E-state index < -0.39 is 6.04 Å². The van der Waals surface area contributed by atoms with Crippen molar-refractivity contribution in [3.05, 3.63) is 53.3 Å². The van der Waals surface area contributed by atoms with Crippen LogP contribution in [0.2, 0.25) is 5.02 Å². The van der Waals surface area contributed by atoms with Crippen LogP contribution < -0.4 is 15.5 Å². The van der Waals surface area contributed by atoms with Crippen LogP contribution >= 0.6 is 11.6 Å². The third-order valence-electron chi connectivity index (χ3n) is 4.11. The summed E-state index contributed by atoms with van der Waals surface area (Å²) in [6, 6.07) is 10.1. The molecule has 0 aliphatic carbocycles. The molecule has 126 valence electrons. The van der Waals surface area contributed by atoms with Crippen LogP contribution in [0.15, 0.2) is 42.6 Å². The van der Waals surface area contributed by atoms with Gasteiger partial charge in [-0.05, 0) is 36.8 Å². The monoisotopic (exact) mass is 346 g/mol. The Kier molecular flexibility index (Phi) is 4.76. The number of carbonyl (C=O) groups excluding carboxylic acids is 2. The van der Waals surface area contributed by atoms with Gasteiger partial charge >= 0.3 is 6.03 Å². The van der Waals surface area contributed by atoms with Crippen LogP contribution in [0.25, 0.3) is 0 Å². The van der Waals surface area contributed by atoms with E-state index in [0.717, 1.165) is 11.4 Å². The zero-order valence-corrected chi connectivity index (χ0v) is 14.1. The van der Waals surface area contributed by atoms with E-state index in [1.807, 2.05) is 36.0 Å². The number of aryl methyl sites for hydroxylation is 1. The van der Waals surface area contributed by atoms with Gasteiger partial charge in [-0.2, -0.15) is 0 Å². The lowest BCUT2D eigenvalue weighted by Crippen LogP contribution is -2.46. The molecule has 2 aromatic rings. The van der Waals surface area contributed by atoms with Gasteiger partial charge < -0.3 is 20.1 Å². The number of rotatable bonds is 4. The summed E-state index contributed by atoms with van der Waals surface area (Å²) >= 11 is 5.97. The smallest absolute Gasteiger partial charge is 0.315 e. The molecule has 1 aliphatic heterocycles. The lowest BCUT2D eigenvalue weighted by molar-refractivity contribution is -0.118. The molecule has 0 spiro atoms. The summed E-state index contributed by atoms with van der Waals surface area (Å²) in [5.74, 6) is -0.119. The van der Waals surface area contributed by atoms with Gasteiger partial charge in [0.15, 0.2) is 0 Å². The van der Waals surface area contributed by atoms with Crippen molar-refractivity contribution in [2.75, 3.05) is 11.4 Å². The van der Waals surface area contributed by atoms with Crippen LogP contribution in [-0.2, 0) is 18.4 Å². The molecule has 2 heterocycles. The van der Waals surface area contributed by atoms with Gasteiger partial charge in [0.25, 0.3) is 0 Å². The highest BCUT2D eigenvalue weighted by atomic mass is 35.5. The number of anilines is 1. The van der Waals surface area contributed by atoms with E-state index in [1.54, 1.807) is 23.1 Å². The summed E-state index contributed by atoms with van der Waals surface area (Å²) in [6.45, 7) is 0.968. The van der Waals surface area contributed by atoms with E-state index in [-0.39, 0.29) is 11.9 Å². The van der Waals surface area contributed by atoms with Gasteiger partial charge in [-0.3, -0.25) is 4.79 Å². The maximum absolute atomic E-state index is 12.5. The fraction of sp³-hybridized carbons (Fsp3) is 0.294. The Hall–Kier alpha value is -2.47. The maximum Gasteiger partial charge on any atom is 0.315 e. The lowest BCUT2D eigenvalue weighted by atomic mass is 10.2. The minimum atomic E-state index is -0.516. The zero-order chi connectivity index (χ0) is 17.1. The van der Waals surface area contributed by atoms with E-state index in [9.17, 15) is 9.59 Å². The molecule has 1 aromatic heterocycles. The maximum atomic E-state index is 12.5. The van der Waals surface area contributed by atoms with Crippen LogP contribution in [0.4, 0.5) is 10.5 Å². The molecule has 0 radical (unpaired) electrons. The van der Waals surface area contributed by atoms with Crippen molar-refractivity contribution < 1.29 is 9.59 Å². The van der Waals surface area contributed by atoms with Crippen LogP contribution in [-0.4, -0.2) is 29.1 Å². The second-order valence-electron chi connectivity index (χ2n) is 5.75. The van der Waals surface area contributed by atoms with Gasteiger partial charge in [-0.15, -0.1) is 0 Å². The third kappa shape index (κ3) is 3.54. The number of hydrogen-bond donors (Lipinski definition) is 2. The number of aromatic nitrogens is 1. The highest BCUT2D eigenvalue weighted by Crippen LogP contribution is 2.24. The number of nitrogens with one attached hydrogen (secondary N) is 2. The van der Waals surface area contributed by atoms with Crippen LogP contribution in [0.5, 0.6) is 0 Å². The van der Waals surface area contributed by atoms with Gasteiger partial charge in [0, 0.05) is 36.2 Å². The topological polar surface area (TPSA) is 66.4 Å². The molecular weight excluding hydrogens is 328 g/mol. The summed E-state index contributed by atoms with van der Waals surface area (Å²) < 4.78 is 1.93. The molecule has 3 rings (SSSR count). The summed E-state index contributed by atoms with van der Waals surface area (Å²) in [6.07, 6.45) is 2.49. The number of urea groups is 1. The average Bonchev–Trinajstić information content (AvgIpc) is 3.12. The Morgan fingerprint density at radius 1 is 1.33 bits per heavy atom. The quantitative estimate of drug-likeness (QED) is 0.892. The SMILES string of the molecule is Cn1cccc1CNC(=O)N[C@@H]1CCN(c2cccc(Cl)c2)C1=O. The van der Waals surface area contributed by atoms with Gasteiger partial charge in [0.1, 0.15) is 6.04 Å². The second kappa shape index (κ2) is 6.97. The molecule has 0 bridgehead atoms. The Bertz CT molecular complexity index is 759. The number of carbonyl (C=O) groups is 2. The minimum Gasteiger partial charge on any atom is -0.353 e. The first kappa shape index (κ1) is 16.4.